The molecule has 4 aromatic rings. The first-order valence-electron chi connectivity index (χ1n) is 8.64. The van der Waals surface area contributed by atoms with E-state index < -0.39 is 20.8 Å². The van der Waals surface area contributed by atoms with Crippen LogP contribution in [-0.2, 0) is 20.8 Å². The van der Waals surface area contributed by atoms with Gasteiger partial charge in [0.2, 0.25) is 0 Å². The zero-order chi connectivity index (χ0) is 24.5. The maximum absolute atomic E-state index is 11.7. The number of aryl methyl sites for hydroxylation is 2. The lowest BCUT2D eigenvalue weighted by Crippen LogP contribution is -2.08. The molecule has 15 heteroatoms. The number of halogens is 3. The smallest absolute Gasteiger partial charge is 0.360 e. The van der Waals surface area contributed by atoms with Crippen LogP contribution in [0.4, 0.5) is 0 Å². The molecule has 2 aromatic carbocycles. The van der Waals surface area contributed by atoms with Crippen LogP contribution in [0.1, 0.15) is 11.1 Å². The van der Waals surface area contributed by atoms with E-state index >= 15 is 0 Å². The van der Waals surface area contributed by atoms with E-state index in [0.29, 0.717) is 30.9 Å². The Labute approximate surface area is 211 Å². The number of hydrogen-bond acceptors (Lipinski definition) is 8. The molecule has 0 spiro atoms. The van der Waals surface area contributed by atoms with Gasteiger partial charge in [0.1, 0.15) is 0 Å². The molecule has 0 fully saturated rings. The zero-order valence-electron chi connectivity index (χ0n) is 16.3. The van der Waals surface area contributed by atoms with Crippen LogP contribution < -0.4 is 8.37 Å². The van der Waals surface area contributed by atoms with Crippen molar-refractivity contribution in [3.05, 3.63) is 44.4 Å². The molecule has 4 rings (SSSR count). The van der Waals surface area contributed by atoms with Gasteiger partial charge in [-0.2, -0.15) is 16.8 Å². The molecule has 0 atom stereocenters. The summed E-state index contributed by atoms with van der Waals surface area (Å²) >= 11 is 20.7. The maximum Gasteiger partial charge on any atom is 0.446 e. The van der Waals surface area contributed by atoms with Crippen molar-refractivity contribution >= 4 is 98.4 Å². The van der Waals surface area contributed by atoms with Crippen molar-refractivity contribution < 1.29 is 34.3 Å². The molecule has 0 bridgehead atoms. The average Bonchev–Trinajstić information content (AvgIpc) is 3.16. The van der Waals surface area contributed by atoms with Gasteiger partial charge in [0.25, 0.3) is 0 Å². The summed E-state index contributed by atoms with van der Waals surface area (Å²) in [5.74, 6) is -0.590. The first-order valence-corrected chi connectivity index (χ1v) is 14.1. The van der Waals surface area contributed by atoms with Gasteiger partial charge in [-0.3, -0.25) is 9.11 Å². The van der Waals surface area contributed by atoms with Crippen LogP contribution in [0.2, 0.25) is 15.1 Å². The first kappa shape index (κ1) is 24.8. The highest BCUT2D eigenvalue weighted by molar-refractivity contribution is 7.81. The maximum atomic E-state index is 11.7. The highest BCUT2D eigenvalue weighted by Gasteiger charge is 2.30. The summed E-state index contributed by atoms with van der Waals surface area (Å²) in [6, 6.07) is 4.59. The van der Waals surface area contributed by atoms with E-state index in [1.54, 1.807) is 26.0 Å². The topological polar surface area (TPSA) is 127 Å². The molecule has 0 unspecified atom stereocenters. The van der Waals surface area contributed by atoms with Crippen molar-refractivity contribution in [1.29, 1.82) is 0 Å². The third-order valence-electron chi connectivity index (χ3n) is 4.56. The van der Waals surface area contributed by atoms with E-state index in [9.17, 15) is 25.9 Å². The van der Waals surface area contributed by atoms with E-state index in [4.69, 9.17) is 43.2 Å². The second-order valence-corrected chi connectivity index (χ2v) is 12.2. The molecule has 0 saturated carbocycles. The van der Waals surface area contributed by atoms with E-state index in [2.05, 4.69) is 0 Å². The number of rotatable bonds is 5. The van der Waals surface area contributed by atoms with Crippen molar-refractivity contribution in [2.24, 2.45) is 0 Å². The van der Waals surface area contributed by atoms with Gasteiger partial charge >= 0.3 is 20.8 Å². The van der Waals surface area contributed by atoms with Crippen molar-refractivity contribution in [3.63, 3.8) is 0 Å². The van der Waals surface area contributed by atoms with Crippen LogP contribution in [0.15, 0.2) is 18.2 Å². The van der Waals surface area contributed by atoms with Gasteiger partial charge in [0, 0.05) is 25.5 Å². The first-order chi connectivity index (χ1) is 15.2. The van der Waals surface area contributed by atoms with Gasteiger partial charge < -0.3 is 8.37 Å². The van der Waals surface area contributed by atoms with Gasteiger partial charge in [-0.15, -0.1) is 22.7 Å². The lowest BCUT2D eigenvalue weighted by atomic mass is 10.1. The minimum atomic E-state index is -5.01. The number of thiophene rings is 2. The van der Waals surface area contributed by atoms with E-state index in [0.717, 1.165) is 22.7 Å². The minimum Gasteiger partial charge on any atom is -0.360 e. The summed E-state index contributed by atoms with van der Waals surface area (Å²) < 4.78 is 76.2. The van der Waals surface area contributed by atoms with Crippen LogP contribution in [0.25, 0.3) is 29.9 Å². The second kappa shape index (κ2) is 8.40. The van der Waals surface area contributed by atoms with Crippen molar-refractivity contribution in [2.75, 3.05) is 0 Å². The van der Waals surface area contributed by atoms with Crippen LogP contribution in [0.3, 0.4) is 0 Å². The van der Waals surface area contributed by atoms with Gasteiger partial charge in [0.05, 0.1) is 19.5 Å². The van der Waals surface area contributed by atoms with Crippen molar-refractivity contribution in [3.8, 4) is 21.3 Å². The summed E-state index contributed by atoms with van der Waals surface area (Å²) in [5, 5.41) is 1.28. The average molecular weight is 590 g/mol. The Morgan fingerprint density at radius 2 is 1.33 bits per heavy atom. The Bertz CT molecular complexity index is 1670. The normalized spacial score (nSPS) is 12.6. The monoisotopic (exact) mass is 588 g/mol. The molecular formula is C18H11Cl3O8S4. The summed E-state index contributed by atoms with van der Waals surface area (Å²) in [4.78, 5) is 0.171. The van der Waals surface area contributed by atoms with Gasteiger partial charge in [-0.05, 0) is 43.2 Å². The lowest BCUT2D eigenvalue weighted by Gasteiger charge is -2.08. The summed E-state index contributed by atoms with van der Waals surface area (Å²) in [6.45, 7) is 3.25. The molecule has 2 heterocycles. The fourth-order valence-corrected chi connectivity index (χ4v) is 7.69. The molecule has 0 aliphatic carbocycles. The van der Waals surface area contributed by atoms with Gasteiger partial charge in [-0.25, -0.2) is 0 Å². The number of fused-ring (bicyclic) bond motifs is 2. The Balaban J connectivity index is 2.19. The Morgan fingerprint density at radius 3 is 1.91 bits per heavy atom. The molecule has 0 amide bonds. The Morgan fingerprint density at radius 1 is 0.788 bits per heavy atom. The molecule has 0 radical (unpaired) electrons. The Hall–Kier alpha value is -1.35. The lowest BCUT2D eigenvalue weighted by molar-refractivity contribution is 0.385. The molecule has 0 saturated heterocycles. The summed E-state index contributed by atoms with van der Waals surface area (Å²) in [5.41, 5.74) is 0.948. The van der Waals surface area contributed by atoms with E-state index in [-0.39, 0.29) is 36.7 Å². The molecule has 2 aromatic heterocycles. The van der Waals surface area contributed by atoms with Crippen LogP contribution in [0.5, 0.6) is 11.5 Å². The molecule has 0 aliphatic heterocycles. The summed E-state index contributed by atoms with van der Waals surface area (Å²) in [7, 11) is -9.98. The quantitative estimate of drug-likeness (QED) is 0.246. The van der Waals surface area contributed by atoms with E-state index in [1.807, 2.05) is 0 Å². The molecule has 33 heavy (non-hydrogen) atoms. The molecule has 0 aliphatic rings. The predicted molar refractivity (Wildman–Crippen MR) is 132 cm³/mol. The molecule has 176 valence electrons. The SMILES string of the molecule is Cc1cc(Cl)cc2sc(-c3sc4c(Cl)cc(Cl)c(C)c4c3OS(=O)(=O)O)c(OS(=O)(=O)O)c12. The number of hydrogen-bond donors (Lipinski definition) is 2. The highest BCUT2D eigenvalue weighted by atomic mass is 35.5. The summed E-state index contributed by atoms with van der Waals surface area (Å²) in [6.07, 6.45) is 0. The Kier molecular flexibility index (Phi) is 6.30. The van der Waals surface area contributed by atoms with E-state index in [1.165, 1.54) is 6.07 Å². The minimum absolute atomic E-state index is 0.0743. The zero-order valence-corrected chi connectivity index (χ0v) is 21.9. The molecular weight excluding hydrogens is 579 g/mol. The standard InChI is InChI=1S/C18H11Cl3O8S4/c1-6-3-8(19)4-11-12(6)14(28-32(22,23)24)17(30-11)18-15(29-33(25,26)27)13-7(2)9(20)5-10(21)16(13)31-18/h3-5H,1-2H3,(H,22,23,24)(H,25,26,27). The van der Waals surface area contributed by atoms with Crippen LogP contribution in [-0.4, -0.2) is 25.9 Å². The predicted octanol–water partition coefficient (Wildman–Crippen LogP) is 6.72. The third-order valence-corrected chi connectivity index (χ3v) is 8.82. The highest BCUT2D eigenvalue weighted by Crippen LogP contribution is 2.56. The fraction of sp³-hybridized carbons (Fsp3) is 0.111. The fourth-order valence-electron chi connectivity index (χ4n) is 3.35. The van der Waals surface area contributed by atoms with Crippen molar-refractivity contribution in [1.82, 2.24) is 0 Å². The van der Waals surface area contributed by atoms with Gasteiger partial charge in [-0.1, -0.05) is 34.8 Å². The van der Waals surface area contributed by atoms with Crippen LogP contribution in [0, 0.1) is 13.8 Å². The molecule has 2 N–H and O–H groups in total. The number of benzene rings is 2. The molecule has 8 nitrogen and oxygen atoms in total. The third kappa shape index (κ3) is 4.77. The van der Waals surface area contributed by atoms with Gasteiger partial charge in [0.15, 0.2) is 11.5 Å². The van der Waals surface area contributed by atoms with Crippen LogP contribution >= 0.6 is 57.5 Å². The second-order valence-electron chi connectivity index (χ2n) is 6.81. The largest absolute Gasteiger partial charge is 0.446 e. The van der Waals surface area contributed by atoms with Crippen molar-refractivity contribution in [2.45, 2.75) is 13.8 Å².